The van der Waals surface area contributed by atoms with Crippen molar-refractivity contribution in [2.24, 2.45) is 5.92 Å². The predicted octanol–water partition coefficient (Wildman–Crippen LogP) is 0.363. The highest BCUT2D eigenvalue weighted by Crippen LogP contribution is 2.18. The fourth-order valence-corrected chi connectivity index (χ4v) is 1.90. The van der Waals surface area contributed by atoms with Gasteiger partial charge in [0, 0.05) is 0 Å². The van der Waals surface area contributed by atoms with Crippen molar-refractivity contribution in [2.75, 3.05) is 0 Å². The Labute approximate surface area is 85.9 Å². The molecular formula is C10H17NO2Si. The standard InChI is InChI=1S/C10H17NO2Si/c1-7(12)9-8(11-10(9)13)5-6-14(2,3)4/h7-9,12H,1-4H3,(H,11,13)/t7-,8+,9-/m1/s1. The Bertz CT molecular complexity index is 295. The number of hydrogen-bond acceptors (Lipinski definition) is 2. The molecule has 0 saturated carbocycles. The summed E-state index contributed by atoms with van der Waals surface area (Å²) in [5.74, 6) is 2.62. The molecular weight excluding hydrogens is 194 g/mol. The Hall–Kier alpha value is -0.793. The number of aliphatic hydroxyl groups excluding tert-OH is 1. The van der Waals surface area contributed by atoms with Gasteiger partial charge in [-0.25, -0.2) is 0 Å². The molecule has 0 aromatic heterocycles. The number of β-lactam (4-membered cyclic amide) rings is 1. The lowest BCUT2D eigenvalue weighted by Gasteiger charge is -2.35. The number of amides is 1. The van der Waals surface area contributed by atoms with E-state index in [1.165, 1.54) is 0 Å². The van der Waals surface area contributed by atoms with Gasteiger partial charge in [0.1, 0.15) is 14.1 Å². The van der Waals surface area contributed by atoms with Gasteiger partial charge in [0.15, 0.2) is 0 Å². The molecule has 1 aliphatic heterocycles. The van der Waals surface area contributed by atoms with Crippen LogP contribution in [0.1, 0.15) is 6.92 Å². The Kier molecular flexibility index (Phi) is 3.03. The van der Waals surface area contributed by atoms with E-state index in [9.17, 15) is 9.90 Å². The molecule has 2 N–H and O–H groups in total. The molecule has 3 atom stereocenters. The number of hydrogen-bond donors (Lipinski definition) is 2. The summed E-state index contributed by atoms with van der Waals surface area (Å²) in [6.45, 7) is 8.08. The predicted molar refractivity (Wildman–Crippen MR) is 58.2 cm³/mol. The van der Waals surface area contributed by atoms with Crippen molar-refractivity contribution in [3.05, 3.63) is 0 Å². The van der Waals surface area contributed by atoms with Gasteiger partial charge >= 0.3 is 0 Å². The van der Waals surface area contributed by atoms with Gasteiger partial charge in [0.05, 0.1) is 12.0 Å². The lowest BCUT2D eigenvalue weighted by Crippen LogP contribution is -2.61. The first-order valence-corrected chi connectivity index (χ1v) is 8.32. The molecule has 0 aromatic rings. The van der Waals surface area contributed by atoms with Gasteiger partial charge in [0.2, 0.25) is 5.91 Å². The highest BCUT2D eigenvalue weighted by Gasteiger charge is 2.41. The number of aliphatic hydroxyl groups is 1. The minimum absolute atomic E-state index is 0.0881. The van der Waals surface area contributed by atoms with E-state index < -0.39 is 14.2 Å². The van der Waals surface area contributed by atoms with Crippen LogP contribution < -0.4 is 5.32 Å². The van der Waals surface area contributed by atoms with Crippen LogP contribution in [0.5, 0.6) is 0 Å². The van der Waals surface area contributed by atoms with Gasteiger partial charge in [-0.3, -0.25) is 4.79 Å². The molecule has 1 saturated heterocycles. The first kappa shape index (κ1) is 11.3. The molecule has 0 spiro atoms. The average molecular weight is 211 g/mol. The van der Waals surface area contributed by atoms with Gasteiger partial charge in [-0.15, -0.1) is 5.54 Å². The van der Waals surface area contributed by atoms with Crippen molar-refractivity contribution in [2.45, 2.75) is 38.7 Å². The molecule has 1 amide bonds. The third-order valence-corrected chi connectivity index (χ3v) is 2.98. The Morgan fingerprint density at radius 1 is 1.50 bits per heavy atom. The average Bonchev–Trinajstić information content (AvgIpc) is 1.93. The molecule has 0 radical (unpaired) electrons. The molecule has 14 heavy (non-hydrogen) atoms. The molecule has 1 fully saturated rings. The molecule has 1 rings (SSSR count). The third kappa shape index (κ3) is 2.60. The van der Waals surface area contributed by atoms with Gasteiger partial charge in [0.25, 0.3) is 0 Å². The van der Waals surface area contributed by atoms with Crippen molar-refractivity contribution in [1.29, 1.82) is 0 Å². The Morgan fingerprint density at radius 2 is 2.07 bits per heavy atom. The maximum atomic E-state index is 11.1. The van der Waals surface area contributed by atoms with E-state index in [0.29, 0.717) is 0 Å². The molecule has 0 bridgehead atoms. The molecule has 1 aliphatic rings. The van der Waals surface area contributed by atoms with E-state index in [4.69, 9.17) is 0 Å². The lowest BCUT2D eigenvalue weighted by molar-refractivity contribution is -0.138. The van der Waals surface area contributed by atoms with E-state index >= 15 is 0 Å². The summed E-state index contributed by atoms with van der Waals surface area (Å²) < 4.78 is 0. The molecule has 0 unspecified atom stereocenters. The minimum Gasteiger partial charge on any atom is -0.392 e. The number of nitrogens with one attached hydrogen (secondary N) is 1. The fraction of sp³-hybridized carbons (Fsp3) is 0.700. The summed E-state index contributed by atoms with van der Waals surface area (Å²) in [5.41, 5.74) is 3.19. The van der Waals surface area contributed by atoms with Crippen molar-refractivity contribution in [3.63, 3.8) is 0 Å². The SMILES string of the molecule is C[C@@H](O)[C@H]1C(=O)N[C@H]1C#C[Si](C)(C)C. The molecule has 0 aromatic carbocycles. The second-order valence-corrected chi connectivity index (χ2v) is 9.52. The zero-order valence-corrected chi connectivity index (χ0v) is 10.1. The van der Waals surface area contributed by atoms with E-state index in [1.807, 2.05) is 0 Å². The van der Waals surface area contributed by atoms with Gasteiger partial charge < -0.3 is 10.4 Å². The van der Waals surface area contributed by atoms with Crippen LogP contribution in [-0.2, 0) is 4.79 Å². The molecule has 4 heteroatoms. The van der Waals surface area contributed by atoms with E-state index in [0.717, 1.165) is 0 Å². The van der Waals surface area contributed by atoms with Crippen molar-refractivity contribution in [1.82, 2.24) is 5.32 Å². The second-order valence-electron chi connectivity index (χ2n) is 4.77. The van der Waals surface area contributed by atoms with Gasteiger partial charge in [-0.1, -0.05) is 25.6 Å². The summed E-state index contributed by atoms with van der Waals surface area (Å²) in [6, 6.07) is -0.144. The van der Waals surface area contributed by atoms with Crippen LogP contribution in [0, 0.1) is 17.4 Å². The quantitative estimate of drug-likeness (QED) is 0.374. The highest BCUT2D eigenvalue weighted by atomic mass is 28.3. The summed E-state index contributed by atoms with van der Waals surface area (Å²) in [7, 11) is -1.38. The summed E-state index contributed by atoms with van der Waals surface area (Å²) in [5, 5.41) is 12.0. The largest absolute Gasteiger partial charge is 0.392 e. The first-order valence-electron chi connectivity index (χ1n) is 4.82. The molecule has 0 aliphatic carbocycles. The topological polar surface area (TPSA) is 49.3 Å². The van der Waals surface area contributed by atoms with Gasteiger partial charge in [-0.05, 0) is 6.92 Å². The van der Waals surface area contributed by atoms with Crippen LogP contribution in [0.4, 0.5) is 0 Å². The maximum Gasteiger partial charge on any atom is 0.229 e. The first-order chi connectivity index (χ1) is 6.31. The molecule has 78 valence electrons. The fourth-order valence-electron chi connectivity index (χ4n) is 1.31. The van der Waals surface area contributed by atoms with Gasteiger partial charge in [-0.2, -0.15) is 0 Å². The van der Waals surface area contributed by atoms with Crippen molar-refractivity contribution in [3.8, 4) is 11.5 Å². The highest BCUT2D eigenvalue weighted by molar-refractivity contribution is 6.83. The lowest BCUT2D eigenvalue weighted by atomic mass is 9.87. The van der Waals surface area contributed by atoms with Crippen LogP contribution >= 0.6 is 0 Å². The van der Waals surface area contributed by atoms with Crippen LogP contribution in [0.15, 0.2) is 0 Å². The summed E-state index contributed by atoms with van der Waals surface area (Å²) >= 11 is 0. The molecule has 3 nitrogen and oxygen atoms in total. The number of rotatable bonds is 1. The third-order valence-electron chi connectivity index (χ3n) is 2.08. The number of carbonyl (C=O) groups is 1. The Morgan fingerprint density at radius 3 is 2.43 bits per heavy atom. The monoisotopic (exact) mass is 211 g/mol. The second kappa shape index (κ2) is 3.75. The minimum atomic E-state index is -1.38. The van der Waals surface area contributed by atoms with E-state index in [2.05, 4.69) is 36.4 Å². The van der Waals surface area contributed by atoms with Crippen molar-refractivity contribution >= 4 is 14.0 Å². The summed E-state index contributed by atoms with van der Waals surface area (Å²) in [4.78, 5) is 11.1. The van der Waals surface area contributed by atoms with Crippen LogP contribution in [0.25, 0.3) is 0 Å². The zero-order chi connectivity index (χ0) is 10.9. The van der Waals surface area contributed by atoms with E-state index in [1.54, 1.807) is 6.92 Å². The molecule has 1 heterocycles. The summed E-state index contributed by atoms with van der Waals surface area (Å²) in [6.07, 6.45) is -0.607. The van der Waals surface area contributed by atoms with E-state index in [-0.39, 0.29) is 17.9 Å². The zero-order valence-electron chi connectivity index (χ0n) is 9.09. The maximum absolute atomic E-state index is 11.1. The van der Waals surface area contributed by atoms with Crippen LogP contribution in [-0.4, -0.2) is 31.2 Å². The van der Waals surface area contributed by atoms with Crippen molar-refractivity contribution < 1.29 is 9.90 Å². The van der Waals surface area contributed by atoms with Crippen LogP contribution in [0.3, 0.4) is 0 Å². The number of carbonyl (C=O) groups excluding carboxylic acids is 1. The van der Waals surface area contributed by atoms with Crippen LogP contribution in [0.2, 0.25) is 19.6 Å². The smallest absolute Gasteiger partial charge is 0.229 e. The normalized spacial score (nSPS) is 28.2. The Balaban J connectivity index is 2.63.